The van der Waals surface area contributed by atoms with Gasteiger partial charge >= 0.3 is 12.3 Å². The first-order valence-electron chi connectivity index (χ1n) is 9.72. The van der Waals surface area contributed by atoms with Gasteiger partial charge in [0.15, 0.2) is 0 Å². The summed E-state index contributed by atoms with van der Waals surface area (Å²) in [6, 6.07) is 8.57. The summed E-state index contributed by atoms with van der Waals surface area (Å²) in [4.78, 5) is 30.9. The molecule has 0 aliphatic heterocycles. The van der Waals surface area contributed by atoms with Crippen LogP contribution in [0.5, 0.6) is 17.4 Å². The van der Waals surface area contributed by atoms with Crippen LogP contribution in [-0.4, -0.2) is 34.1 Å². The molecule has 0 atom stereocenters. The Kier molecular flexibility index (Phi) is 7.19. The number of alkyl halides is 3. The van der Waals surface area contributed by atoms with Gasteiger partial charge in [0.05, 0.1) is 5.56 Å². The Morgan fingerprint density at radius 1 is 1.12 bits per heavy atom. The average molecular weight is 476 g/mol. The largest absolute Gasteiger partial charge is 0.492 e. The van der Waals surface area contributed by atoms with Crippen LogP contribution >= 0.6 is 0 Å². The number of rotatable bonds is 6. The lowest BCUT2D eigenvalue weighted by Gasteiger charge is -2.12. The topological polar surface area (TPSA) is 123 Å². The lowest BCUT2D eigenvalue weighted by atomic mass is 10.1. The van der Waals surface area contributed by atoms with Crippen molar-refractivity contribution >= 4 is 17.7 Å². The molecule has 0 spiro atoms. The maximum Gasteiger partial charge on any atom is 0.417 e. The van der Waals surface area contributed by atoms with Gasteiger partial charge in [-0.25, -0.2) is 9.78 Å². The second-order valence-electron chi connectivity index (χ2n) is 6.95. The number of nitrogens with zero attached hydrogens (tertiary/aromatic N) is 2. The number of aromatic hydroxyl groups is 1. The van der Waals surface area contributed by atoms with Crippen LogP contribution in [0.2, 0.25) is 0 Å². The quantitative estimate of drug-likeness (QED) is 0.482. The van der Waals surface area contributed by atoms with E-state index in [1.54, 1.807) is 31.2 Å². The summed E-state index contributed by atoms with van der Waals surface area (Å²) in [7, 11) is 1.49. The Morgan fingerprint density at radius 2 is 1.88 bits per heavy atom. The average Bonchev–Trinajstić information content (AvgIpc) is 2.79. The van der Waals surface area contributed by atoms with Crippen molar-refractivity contribution in [2.45, 2.75) is 19.7 Å². The summed E-state index contributed by atoms with van der Waals surface area (Å²) in [6.45, 7) is 1.56. The zero-order valence-corrected chi connectivity index (χ0v) is 17.9. The summed E-state index contributed by atoms with van der Waals surface area (Å²) in [6.07, 6.45) is -3.88. The SMILES string of the molecule is CNC(=O)c1cc(Oc2ccc(COC(=O)Nc3cc(C(F)(F)F)cnc3O)cc2C)ccn1. The molecule has 0 aliphatic rings. The first-order valence-corrected chi connectivity index (χ1v) is 9.72. The maximum absolute atomic E-state index is 12.8. The molecule has 3 N–H and O–H groups in total. The zero-order chi connectivity index (χ0) is 24.9. The number of amides is 2. The standard InChI is InChI=1S/C22H19F3N4O5/c1-12-7-13(3-4-18(12)34-15-5-6-27-16(9-15)19(30)26-2)11-33-21(32)29-17-8-14(22(23,24)25)10-28-20(17)31/h3-10H,11H2,1-2H3,(H,26,30)(H,28,31)(H,29,32). The van der Waals surface area contributed by atoms with Crippen molar-refractivity contribution in [2.24, 2.45) is 0 Å². The smallest absolute Gasteiger partial charge is 0.417 e. The molecule has 0 fully saturated rings. The van der Waals surface area contributed by atoms with E-state index in [1.807, 2.05) is 5.32 Å². The molecule has 0 aliphatic carbocycles. The van der Waals surface area contributed by atoms with Gasteiger partial charge in [-0.1, -0.05) is 6.07 Å². The van der Waals surface area contributed by atoms with Crippen molar-refractivity contribution in [3.05, 3.63) is 71.2 Å². The van der Waals surface area contributed by atoms with Crippen LogP contribution in [0.1, 0.15) is 27.2 Å². The number of anilines is 1. The Morgan fingerprint density at radius 3 is 2.56 bits per heavy atom. The van der Waals surface area contributed by atoms with E-state index in [2.05, 4.69) is 15.3 Å². The van der Waals surface area contributed by atoms with Crippen LogP contribution in [0, 0.1) is 6.92 Å². The number of aryl methyl sites for hydroxylation is 1. The van der Waals surface area contributed by atoms with Crippen LogP contribution in [0.3, 0.4) is 0 Å². The summed E-state index contributed by atoms with van der Waals surface area (Å²) in [5.41, 5.74) is -0.209. The molecule has 0 radical (unpaired) electrons. The van der Waals surface area contributed by atoms with Gasteiger partial charge in [0, 0.05) is 25.5 Å². The number of ether oxygens (including phenoxy) is 2. The van der Waals surface area contributed by atoms with Crippen LogP contribution in [0.4, 0.5) is 23.7 Å². The molecule has 2 amide bonds. The van der Waals surface area contributed by atoms with Crippen molar-refractivity contribution in [3.8, 4) is 17.4 Å². The fourth-order valence-electron chi connectivity index (χ4n) is 2.77. The molecule has 2 heterocycles. The molecule has 3 rings (SSSR count). The molecule has 0 bridgehead atoms. The van der Waals surface area contributed by atoms with Crippen LogP contribution < -0.4 is 15.4 Å². The molecular weight excluding hydrogens is 457 g/mol. The number of hydrogen-bond donors (Lipinski definition) is 3. The molecule has 2 aromatic heterocycles. The lowest BCUT2D eigenvalue weighted by Crippen LogP contribution is -2.18. The van der Waals surface area contributed by atoms with E-state index in [0.29, 0.717) is 34.9 Å². The molecule has 0 saturated carbocycles. The predicted molar refractivity (Wildman–Crippen MR) is 114 cm³/mol. The summed E-state index contributed by atoms with van der Waals surface area (Å²) in [5, 5.41) is 14.1. The van der Waals surface area contributed by atoms with Gasteiger partial charge in [-0.05, 0) is 42.3 Å². The zero-order valence-electron chi connectivity index (χ0n) is 17.9. The van der Waals surface area contributed by atoms with Gasteiger partial charge in [0.25, 0.3) is 5.91 Å². The second-order valence-corrected chi connectivity index (χ2v) is 6.95. The first kappa shape index (κ1) is 24.3. The Labute approximate surface area is 191 Å². The molecule has 3 aromatic rings. The fraction of sp³-hybridized carbons (Fsp3) is 0.182. The number of benzene rings is 1. The minimum Gasteiger partial charge on any atom is -0.492 e. The number of pyridine rings is 2. The minimum absolute atomic E-state index is 0.190. The minimum atomic E-state index is -4.69. The molecule has 1 aromatic carbocycles. The first-order chi connectivity index (χ1) is 16.1. The van der Waals surface area contributed by atoms with Crippen LogP contribution in [0.25, 0.3) is 0 Å². The summed E-state index contributed by atoms with van der Waals surface area (Å²) < 4.78 is 49.2. The number of carbonyl (C=O) groups excluding carboxylic acids is 2. The normalized spacial score (nSPS) is 11.0. The summed E-state index contributed by atoms with van der Waals surface area (Å²) in [5.74, 6) is -0.253. The van der Waals surface area contributed by atoms with E-state index in [0.717, 1.165) is 0 Å². The van der Waals surface area contributed by atoms with Gasteiger partial charge in [0.2, 0.25) is 5.88 Å². The number of halogens is 3. The van der Waals surface area contributed by atoms with E-state index in [9.17, 15) is 27.9 Å². The van der Waals surface area contributed by atoms with E-state index in [-0.39, 0.29) is 18.2 Å². The molecule has 0 unspecified atom stereocenters. The molecular formula is C22H19F3N4O5. The molecule has 0 saturated heterocycles. The Bertz CT molecular complexity index is 1220. The fourth-order valence-corrected chi connectivity index (χ4v) is 2.77. The van der Waals surface area contributed by atoms with Gasteiger partial charge < -0.3 is 19.9 Å². The van der Waals surface area contributed by atoms with Crippen molar-refractivity contribution < 1.29 is 37.3 Å². The molecule has 9 nitrogen and oxygen atoms in total. The molecule has 34 heavy (non-hydrogen) atoms. The Hall–Kier alpha value is -4.35. The van der Waals surface area contributed by atoms with Crippen molar-refractivity contribution in [1.82, 2.24) is 15.3 Å². The highest BCUT2D eigenvalue weighted by atomic mass is 19.4. The summed E-state index contributed by atoms with van der Waals surface area (Å²) >= 11 is 0. The highest BCUT2D eigenvalue weighted by Crippen LogP contribution is 2.33. The third-order valence-corrected chi connectivity index (χ3v) is 4.46. The van der Waals surface area contributed by atoms with Gasteiger partial charge in [-0.15, -0.1) is 0 Å². The van der Waals surface area contributed by atoms with E-state index < -0.39 is 29.4 Å². The molecule has 178 valence electrons. The number of aromatic nitrogens is 2. The maximum atomic E-state index is 12.8. The lowest BCUT2D eigenvalue weighted by molar-refractivity contribution is -0.137. The second kappa shape index (κ2) is 10.1. The van der Waals surface area contributed by atoms with Crippen molar-refractivity contribution in [2.75, 3.05) is 12.4 Å². The van der Waals surface area contributed by atoms with Crippen LogP contribution in [-0.2, 0) is 17.5 Å². The third kappa shape index (κ3) is 6.12. The van der Waals surface area contributed by atoms with Gasteiger partial charge in [0.1, 0.15) is 29.5 Å². The van der Waals surface area contributed by atoms with E-state index in [4.69, 9.17) is 9.47 Å². The monoisotopic (exact) mass is 476 g/mol. The van der Waals surface area contributed by atoms with Crippen LogP contribution in [0.15, 0.2) is 48.8 Å². The van der Waals surface area contributed by atoms with Gasteiger partial charge in [-0.3, -0.25) is 15.1 Å². The third-order valence-electron chi connectivity index (χ3n) is 4.46. The number of carbonyl (C=O) groups is 2. The van der Waals surface area contributed by atoms with E-state index >= 15 is 0 Å². The van der Waals surface area contributed by atoms with E-state index in [1.165, 1.54) is 19.3 Å². The highest BCUT2D eigenvalue weighted by Gasteiger charge is 2.32. The van der Waals surface area contributed by atoms with Gasteiger partial charge in [-0.2, -0.15) is 13.2 Å². The molecule has 12 heteroatoms. The Balaban J connectivity index is 1.62. The van der Waals surface area contributed by atoms with Crippen molar-refractivity contribution in [1.29, 1.82) is 0 Å². The predicted octanol–water partition coefficient (Wildman–Crippen LogP) is 4.41. The highest BCUT2D eigenvalue weighted by molar-refractivity contribution is 5.92. The van der Waals surface area contributed by atoms with Crippen molar-refractivity contribution in [3.63, 3.8) is 0 Å². The number of nitrogens with one attached hydrogen (secondary N) is 2. The number of hydrogen-bond acceptors (Lipinski definition) is 7.